The molecule has 1 aromatic carbocycles. The minimum atomic E-state index is 0.502. The molecule has 3 heteroatoms. The molecule has 1 N–H and O–H groups in total. The molecular formula is C17H22N2O. The number of pyridine rings is 1. The number of ether oxygens (including phenoxy) is 1. The molecule has 1 heterocycles. The number of hydrogen-bond acceptors (Lipinski definition) is 3. The van der Waals surface area contributed by atoms with E-state index in [2.05, 4.69) is 30.2 Å². The average molecular weight is 270 g/mol. The maximum Gasteiger partial charge on any atom is 0.130 e. The summed E-state index contributed by atoms with van der Waals surface area (Å²) in [4.78, 5) is 4.27. The van der Waals surface area contributed by atoms with Crippen LogP contribution in [0, 0.1) is 5.92 Å². The highest BCUT2D eigenvalue weighted by atomic mass is 16.5. The zero-order valence-corrected chi connectivity index (χ0v) is 12.2. The molecule has 0 saturated heterocycles. The van der Waals surface area contributed by atoms with E-state index in [0.717, 1.165) is 24.5 Å². The third-order valence-corrected chi connectivity index (χ3v) is 2.94. The molecule has 0 aliphatic heterocycles. The predicted octanol–water partition coefficient (Wildman–Crippen LogP) is 3.41. The van der Waals surface area contributed by atoms with Gasteiger partial charge in [0.2, 0.25) is 0 Å². The summed E-state index contributed by atoms with van der Waals surface area (Å²) >= 11 is 0. The fraction of sp³-hybridized carbons (Fsp3) is 0.353. The Bertz CT molecular complexity index is 511. The van der Waals surface area contributed by atoms with Crippen LogP contribution in [0.3, 0.4) is 0 Å². The molecule has 1 aromatic heterocycles. The van der Waals surface area contributed by atoms with Crippen molar-refractivity contribution >= 4 is 0 Å². The number of hydrogen-bond donors (Lipinski definition) is 1. The summed E-state index contributed by atoms with van der Waals surface area (Å²) < 4.78 is 5.88. The molecule has 2 rings (SSSR count). The van der Waals surface area contributed by atoms with E-state index in [4.69, 9.17) is 4.74 Å². The highest BCUT2D eigenvalue weighted by Gasteiger charge is 2.04. The van der Waals surface area contributed by atoms with Gasteiger partial charge in [-0.3, -0.25) is 4.98 Å². The zero-order valence-electron chi connectivity index (χ0n) is 12.2. The molecule has 0 radical (unpaired) electrons. The Kier molecular flexibility index (Phi) is 5.56. The van der Waals surface area contributed by atoms with Gasteiger partial charge in [0.25, 0.3) is 0 Å². The number of benzene rings is 1. The Balaban J connectivity index is 1.93. The first-order valence-electron chi connectivity index (χ1n) is 7.07. The van der Waals surface area contributed by atoms with Gasteiger partial charge in [0.1, 0.15) is 12.4 Å². The Labute approximate surface area is 121 Å². The zero-order chi connectivity index (χ0) is 14.2. The summed E-state index contributed by atoms with van der Waals surface area (Å²) in [5.41, 5.74) is 2.13. The normalized spacial score (nSPS) is 10.8. The molecule has 0 saturated carbocycles. The first-order valence-corrected chi connectivity index (χ1v) is 7.07. The van der Waals surface area contributed by atoms with Crippen LogP contribution in [-0.4, -0.2) is 11.5 Å². The SMILES string of the molecule is CC(C)CNCc1ccccc1OCc1ccccn1. The fourth-order valence-electron chi connectivity index (χ4n) is 1.92. The van der Waals surface area contributed by atoms with Crippen LogP contribution in [0.1, 0.15) is 25.1 Å². The Morgan fingerprint density at radius 1 is 1.10 bits per heavy atom. The minimum Gasteiger partial charge on any atom is -0.487 e. The van der Waals surface area contributed by atoms with Crippen LogP contribution in [0.15, 0.2) is 48.7 Å². The molecule has 106 valence electrons. The molecule has 0 spiro atoms. The molecule has 2 aromatic rings. The van der Waals surface area contributed by atoms with Gasteiger partial charge in [0, 0.05) is 18.3 Å². The van der Waals surface area contributed by atoms with Gasteiger partial charge in [-0.25, -0.2) is 0 Å². The van der Waals surface area contributed by atoms with Crippen molar-refractivity contribution in [3.05, 3.63) is 59.9 Å². The van der Waals surface area contributed by atoms with Gasteiger partial charge in [-0.2, -0.15) is 0 Å². The van der Waals surface area contributed by atoms with Crippen molar-refractivity contribution < 1.29 is 4.74 Å². The van der Waals surface area contributed by atoms with Crippen molar-refractivity contribution in [3.8, 4) is 5.75 Å². The summed E-state index contributed by atoms with van der Waals surface area (Å²) in [6, 6.07) is 14.0. The Morgan fingerprint density at radius 3 is 2.65 bits per heavy atom. The van der Waals surface area contributed by atoms with Crippen LogP contribution in [0.4, 0.5) is 0 Å². The maximum absolute atomic E-state index is 5.88. The van der Waals surface area contributed by atoms with Crippen LogP contribution in [-0.2, 0) is 13.2 Å². The molecule has 0 fully saturated rings. The molecular weight excluding hydrogens is 248 g/mol. The van der Waals surface area contributed by atoms with Crippen molar-refractivity contribution in [2.24, 2.45) is 5.92 Å². The number of para-hydroxylation sites is 1. The largest absolute Gasteiger partial charge is 0.487 e. The standard InChI is InChI=1S/C17H22N2O/c1-14(2)11-18-12-15-7-3-4-9-17(15)20-13-16-8-5-6-10-19-16/h3-10,14,18H,11-13H2,1-2H3. The molecule has 3 nitrogen and oxygen atoms in total. The lowest BCUT2D eigenvalue weighted by Gasteiger charge is -2.13. The van der Waals surface area contributed by atoms with Gasteiger partial charge in [0.15, 0.2) is 0 Å². The van der Waals surface area contributed by atoms with Gasteiger partial charge < -0.3 is 10.1 Å². The topological polar surface area (TPSA) is 34.1 Å². The van der Waals surface area contributed by atoms with Gasteiger partial charge in [-0.15, -0.1) is 0 Å². The van der Waals surface area contributed by atoms with Crippen LogP contribution < -0.4 is 10.1 Å². The van der Waals surface area contributed by atoms with Crippen LogP contribution in [0.2, 0.25) is 0 Å². The van der Waals surface area contributed by atoms with E-state index < -0.39 is 0 Å². The van der Waals surface area contributed by atoms with Crippen molar-refractivity contribution in [3.63, 3.8) is 0 Å². The second kappa shape index (κ2) is 7.65. The van der Waals surface area contributed by atoms with Crippen LogP contribution >= 0.6 is 0 Å². The highest BCUT2D eigenvalue weighted by Crippen LogP contribution is 2.18. The second-order valence-corrected chi connectivity index (χ2v) is 5.24. The third kappa shape index (κ3) is 4.67. The first-order chi connectivity index (χ1) is 9.75. The lowest BCUT2D eigenvalue weighted by molar-refractivity contribution is 0.297. The van der Waals surface area contributed by atoms with Crippen LogP contribution in [0.5, 0.6) is 5.75 Å². The van der Waals surface area contributed by atoms with Crippen LogP contribution in [0.25, 0.3) is 0 Å². The summed E-state index contributed by atoms with van der Waals surface area (Å²) in [7, 11) is 0. The number of rotatable bonds is 7. The third-order valence-electron chi connectivity index (χ3n) is 2.94. The van der Waals surface area contributed by atoms with E-state index in [9.17, 15) is 0 Å². The molecule has 0 bridgehead atoms. The number of aromatic nitrogens is 1. The quantitative estimate of drug-likeness (QED) is 0.837. The fourth-order valence-corrected chi connectivity index (χ4v) is 1.92. The van der Waals surface area contributed by atoms with Crippen molar-refractivity contribution in [1.29, 1.82) is 0 Å². The first kappa shape index (κ1) is 14.5. The monoisotopic (exact) mass is 270 g/mol. The Morgan fingerprint density at radius 2 is 1.90 bits per heavy atom. The van der Waals surface area contributed by atoms with Gasteiger partial charge >= 0.3 is 0 Å². The maximum atomic E-state index is 5.88. The number of nitrogens with zero attached hydrogens (tertiary/aromatic N) is 1. The summed E-state index contributed by atoms with van der Waals surface area (Å²) in [6.45, 7) is 6.75. The molecule has 0 aliphatic rings. The lowest BCUT2D eigenvalue weighted by atomic mass is 10.2. The summed E-state index contributed by atoms with van der Waals surface area (Å²) in [5.74, 6) is 1.58. The predicted molar refractivity (Wildman–Crippen MR) is 81.6 cm³/mol. The van der Waals surface area contributed by atoms with E-state index in [1.807, 2.05) is 36.4 Å². The Hall–Kier alpha value is -1.87. The minimum absolute atomic E-state index is 0.502. The summed E-state index contributed by atoms with van der Waals surface area (Å²) in [5, 5.41) is 3.44. The smallest absolute Gasteiger partial charge is 0.130 e. The highest BCUT2D eigenvalue weighted by molar-refractivity contribution is 5.33. The van der Waals surface area contributed by atoms with E-state index in [1.165, 1.54) is 5.56 Å². The van der Waals surface area contributed by atoms with E-state index in [-0.39, 0.29) is 0 Å². The molecule has 0 atom stereocenters. The van der Waals surface area contributed by atoms with E-state index in [1.54, 1.807) is 6.20 Å². The van der Waals surface area contributed by atoms with Crippen molar-refractivity contribution in [2.75, 3.05) is 6.54 Å². The van der Waals surface area contributed by atoms with Crippen molar-refractivity contribution in [2.45, 2.75) is 27.0 Å². The van der Waals surface area contributed by atoms with Crippen molar-refractivity contribution in [1.82, 2.24) is 10.3 Å². The van der Waals surface area contributed by atoms with Gasteiger partial charge in [-0.05, 0) is 30.7 Å². The van der Waals surface area contributed by atoms with Gasteiger partial charge in [-0.1, -0.05) is 38.1 Å². The molecule has 0 unspecified atom stereocenters. The molecule has 0 aliphatic carbocycles. The molecule has 20 heavy (non-hydrogen) atoms. The van der Waals surface area contributed by atoms with E-state index in [0.29, 0.717) is 12.5 Å². The van der Waals surface area contributed by atoms with E-state index >= 15 is 0 Å². The second-order valence-electron chi connectivity index (χ2n) is 5.24. The number of nitrogens with one attached hydrogen (secondary N) is 1. The molecule has 0 amide bonds. The average Bonchev–Trinajstić information content (AvgIpc) is 2.47. The van der Waals surface area contributed by atoms with Gasteiger partial charge in [0.05, 0.1) is 5.69 Å². The summed E-state index contributed by atoms with van der Waals surface area (Å²) in [6.07, 6.45) is 1.79. The lowest BCUT2D eigenvalue weighted by Crippen LogP contribution is -2.19.